The number of nitrogens with zero attached hydrogens (tertiary/aromatic N) is 1. The highest BCUT2D eigenvalue weighted by Crippen LogP contribution is 2.27. The van der Waals surface area contributed by atoms with Crippen molar-refractivity contribution in [1.29, 1.82) is 0 Å². The fourth-order valence-electron chi connectivity index (χ4n) is 1.37. The number of carbonyl (C=O) groups is 2. The molecule has 0 bridgehead atoms. The SMILES string of the molecule is CC(=O)c1cc(C(=O)O)c(-n2cccc2)s1. The van der Waals surface area contributed by atoms with Gasteiger partial charge in [-0.3, -0.25) is 4.79 Å². The summed E-state index contributed by atoms with van der Waals surface area (Å²) in [5, 5.41) is 9.60. The van der Waals surface area contributed by atoms with Gasteiger partial charge in [0.2, 0.25) is 0 Å². The first-order valence-electron chi connectivity index (χ1n) is 4.61. The maximum Gasteiger partial charge on any atom is 0.338 e. The van der Waals surface area contributed by atoms with E-state index < -0.39 is 5.97 Å². The van der Waals surface area contributed by atoms with Crippen LogP contribution in [0.5, 0.6) is 0 Å². The van der Waals surface area contributed by atoms with Gasteiger partial charge in [-0.2, -0.15) is 0 Å². The van der Waals surface area contributed by atoms with Crippen molar-refractivity contribution < 1.29 is 14.7 Å². The molecule has 2 aromatic rings. The summed E-state index contributed by atoms with van der Waals surface area (Å²) in [4.78, 5) is 22.7. The van der Waals surface area contributed by atoms with Gasteiger partial charge in [-0.25, -0.2) is 4.79 Å². The lowest BCUT2D eigenvalue weighted by Gasteiger charge is -1.99. The number of thiophene rings is 1. The van der Waals surface area contributed by atoms with E-state index in [2.05, 4.69) is 0 Å². The van der Waals surface area contributed by atoms with Crippen LogP contribution in [0.15, 0.2) is 30.6 Å². The van der Waals surface area contributed by atoms with Crippen LogP contribution in [0.4, 0.5) is 0 Å². The summed E-state index contributed by atoms with van der Waals surface area (Å²) in [5.41, 5.74) is 0.159. The minimum absolute atomic E-state index is 0.120. The van der Waals surface area contributed by atoms with Crippen molar-refractivity contribution in [2.45, 2.75) is 6.92 Å². The molecule has 0 aliphatic carbocycles. The zero-order valence-corrected chi connectivity index (χ0v) is 9.32. The van der Waals surface area contributed by atoms with Gasteiger partial charge in [0.05, 0.1) is 10.4 Å². The largest absolute Gasteiger partial charge is 0.478 e. The molecule has 0 unspecified atom stereocenters. The van der Waals surface area contributed by atoms with Crippen molar-refractivity contribution in [3.05, 3.63) is 41.0 Å². The predicted octanol–water partition coefficient (Wildman–Crippen LogP) is 2.44. The minimum Gasteiger partial charge on any atom is -0.478 e. The molecule has 2 rings (SSSR count). The zero-order valence-electron chi connectivity index (χ0n) is 8.51. The molecule has 0 amide bonds. The topological polar surface area (TPSA) is 59.3 Å². The highest BCUT2D eigenvalue weighted by molar-refractivity contribution is 7.16. The first kappa shape index (κ1) is 10.6. The maximum absolute atomic E-state index is 11.2. The molecule has 2 heterocycles. The summed E-state index contributed by atoms with van der Waals surface area (Å²) in [6.45, 7) is 1.43. The number of aromatic carboxylic acids is 1. The van der Waals surface area contributed by atoms with E-state index in [1.165, 1.54) is 24.3 Å². The fraction of sp³-hybridized carbons (Fsp3) is 0.0909. The van der Waals surface area contributed by atoms with Gasteiger partial charge in [-0.05, 0) is 25.1 Å². The lowest BCUT2D eigenvalue weighted by atomic mass is 10.2. The third-order valence-electron chi connectivity index (χ3n) is 2.13. The average molecular weight is 235 g/mol. The molecule has 0 aliphatic heterocycles. The Hall–Kier alpha value is -1.88. The van der Waals surface area contributed by atoms with Gasteiger partial charge in [0, 0.05) is 12.4 Å². The zero-order chi connectivity index (χ0) is 11.7. The van der Waals surface area contributed by atoms with Crippen LogP contribution in [0.1, 0.15) is 27.0 Å². The third kappa shape index (κ3) is 1.77. The van der Waals surface area contributed by atoms with Crippen LogP contribution in [0, 0.1) is 0 Å². The highest BCUT2D eigenvalue weighted by atomic mass is 32.1. The summed E-state index contributed by atoms with van der Waals surface area (Å²) >= 11 is 1.19. The molecule has 1 N–H and O–H groups in total. The fourth-order valence-corrected chi connectivity index (χ4v) is 2.38. The van der Waals surface area contributed by atoms with Gasteiger partial charge in [-0.15, -0.1) is 11.3 Å². The Balaban J connectivity index is 2.59. The van der Waals surface area contributed by atoms with E-state index in [4.69, 9.17) is 5.11 Å². The van der Waals surface area contributed by atoms with E-state index in [0.29, 0.717) is 9.88 Å². The normalized spacial score (nSPS) is 10.3. The summed E-state index contributed by atoms with van der Waals surface area (Å²) in [6, 6.07) is 5.03. The number of ketones is 1. The van der Waals surface area contributed by atoms with Crippen molar-refractivity contribution >= 4 is 23.1 Å². The van der Waals surface area contributed by atoms with Gasteiger partial charge in [0.25, 0.3) is 0 Å². The second-order valence-electron chi connectivity index (χ2n) is 3.28. The molecule has 0 aromatic carbocycles. The van der Waals surface area contributed by atoms with Crippen molar-refractivity contribution in [2.75, 3.05) is 0 Å². The van der Waals surface area contributed by atoms with Crippen LogP contribution in [0.3, 0.4) is 0 Å². The summed E-state index contributed by atoms with van der Waals surface area (Å²) in [7, 11) is 0. The Labute approximate surface area is 95.8 Å². The van der Waals surface area contributed by atoms with Gasteiger partial charge >= 0.3 is 5.97 Å². The van der Waals surface area contributed by atoms with Crippen LogP contribution < -0.4 is 0 Å². The Morgan fingerprint density at radius 2 is 1.94 bits per heavy atom. The van der Waals surface area contributed by atoms with E-state index in [9.17, 15) is 9.59 Å². The van der Waals surface area contributed by atoms with Crippen LogP contribution in [0.25, 0.3) is 5.00 Å². The predicted molar refractivity (Wildman–Crippen MR) is 60.6 cm³/mol. The molecule has 16 heavy (non-hydrogen) atoms. The van der Waals surface area contributed by atoms with Gasteiger partial charge < -0.3 is 9.67 Å². The number of Topliss-reactive ketones (excluding diaryl/α,β-unsaturated/α-hetero) is 1. The van der Waals surface area contributed by atoms with Crippen molar-refractivity contribution in [3.63, 3.8) is 0 Å². The first-order valence-corrected chi connectivity index (χ1v) is 5.42. The summed E-state index contributed by atoms with van der Waals surface area (Å²) < 4.78 is 1.69. The number of carboxylic acids is 1. The molecule has 4 nitrogen and oxygen atoms in total. The molecule has 5 heteroatoms. The number of aromatic nitrogens is 1. The van der Waals surface area contributed by atoms with Crippen LogP contribution in [-0.2, 0) is 0 Å². The Morgan fingerprint density at radius 1 is 1.31 bits per heavy atom. The lowest BCUT2D eigenvalue weighted by Crippen LogP contribution is -1.99. The molecule has 0 atom stereocenters. The number of hydrogen-bond acceptors (Lipinski definition) is 3. The Bertz CT molecular complexity index is 540. The summed E-state index contributed by atoms with van der Waals surface area (Å²) in [5.74, 6) is -1.14. The minimum atomic E-state index is -1.02. The molecular weight excluding hydrogens is 226 g/mol. The molecule has 0 saturated heterocycles. The molecule has 0 fully saturated rings. The van der Waals surface area contributed by atoms with Gasteiger partial charge in [0.1, 0.15) is 5.00 Å². The molecule has 0 radical (unpaired) electrons. The third-order valence-corrected chi connectivity index (χ3v) is 3.38. The number of rotatable bonds is 3. The quantitative estimate of drug-likeness (QED) is 0.831. The number of carboxylic acid groups (broad SMARTS) is 1. The number of carbonyl (C=O) groups excluding carboxylic acids is 1. The monoisotopic (exact) mass is 235 g/mol. The molecule has 2 aromatic heterocycles. The van der Waals surface area contributed by atoms with Crippen LogP contribution in [-0.4, -0.2) is 21.4 Å². The second-order valence-corrected chi connectivity index (χ2v) is 4.31. The average Bonchev–Trinajstić information content (AvgIpc) is 2.86. The van der Waals surface area contributed by atoms with Crippen LogP contribution in [0.2, 0.25) is 0 Å². The standard InChI is InChI=1S/C11H9NO3S/c1-7(13)9-6-8(11(14)15)10(16-9)12-4-2-3-5-12/h2-6H,1H3,(H,14,15). The lowest BCUT2D eigenvalue weighted by molar-refractivity contribution is 0.0697. The molecule has 0 saturated carbocycles. The van der Waals surface area contributed by atoms with Crippen molar-refractivity contribution in [1.82, 2.24) is 4.57 Å². The van der Waals surface area contributed by atoms with E-state index in [1.54, 1.807) is 29.1 Å². The second kappa shape index (κ2) is 3.94. The molecular formula is C11H9NO3S. The highest BCUT2D eigenvalue weighted by Gasteiger charge is 2.17. The van der Waals surface area contributed by atoms with E-state index >= 15 is 0 Å². The smallest absolute Gasteiger partial charge is 0.338 e. The number of hydrogen-bond donors (Lipinski definition) is 1. The van der Waals surface area contributed by atoms with Crippen molar-refractivity contribution in [2.24, 2.45) is 0 Å². The van der Waals surface area contributed by atoms with Crippen LogP contribution >= 0.6 is 11.3 Å². The molecule has 82 valence electrons. The summed E-state index contributed by atoms with van der Waals surface area (Å²) in [6.07, 6.45) is 3.50. The first-order chi connectivity index (χ1) is 7.59. The van der Waals surface area contributed by atoms with E-state index in [0.717, 1.165) is 0 Å². The van der Waals surface area contributed by atoms with E-state index in [-0.39, 0.29) is 11.3 Å². The van der Waals surface area contributed by atoms with Gasteiger partial charge in [-0.1, -0.05) is 0 Å². The van der Waals surface area contributed by atoms with Crippen molar-refractivity contribution in [3.8, 4) is 5.00 Å². The van der Waals surface area contributed by atoms with Gasteiger partial charge in [0.15, 0.2) is 5.78 Å². The molecule has 0 aliphatic rings. The molecule has 0 spiro atoms. The Kier molecular flexibility index (Phi) is 2.62. The maximum atomic E-state index is 11.2. The van der Waals surface area contributed by atoms with E-state index in [1.807, 2.05) is 0 Å². The Morgan fingerprint density at radius 3 is 2.44 bits per heavy atom.